The highest BCUT2D eigenvalue weighted by molar-refractivity contribution is 7.12. The molecule has 0 aliphatic carbocycles. The Hall–Kier alpha value is -5.29. The maximum absolute atomic E-state index is 14.3. The Kier molecular flexibility index (Phi) is 9.57. The highest BCUT2D eigenvalue weighted by Crippen LogP contribution is 2.35. The molecule has 0 spiro atoms. The van der Waals surface area contributed by atoms with E-state index in [2.05, 4.69) is 10.6 Å². The van der Waals surface area contributed by atoms with Gasteiger partial charge in [0.05, 0.1) is 34.9 Å². The molecule has 3 aromatic carbocycles. The number of carbonyl (C=O) groups is 5. The van der Waals surface area contributed by atoms with Crippen molar-refractivity contribution < 1.29 is 28.7 Å². The van der Waals surface area contributed by atoms with Gasteiger partial charge in [-0.3, -0.25) is 14.4 Å². The third-order valence-corrected chi connectivity index (χ3v) is 8.28. The number of ketones is 1. The van der Waals surface area contributed by atoms with Crippen LogP contribution in [-0.2, 0) is 9.53 Å². The van der Waals surface area contributed by atoms with E-state index < -0.39 is 29.6 Å². The number of amides is 4. The summed E-state index contributed by atoms with van der Waals surface area (Å²) in [7, 11) is 0. The van der Waals surface area contributed by atoms with E-state index in [1.54, 1.807) is 80.7 Å². The second-order valence-corrected chi connectivity index (χ2v) is 13.2. The number of rotatable bonds is 7. The predicted octanol–water partition coefficient (Wildman–Crippen LogP) is 6.39. The molecule has 0 fully saturated rings. The van der Waals surface area contributed by atoms with E-state index in [9.17, 15) is 24.0 Å². The minimum absolute atomic E-state index is 0.188. The molecule has 0 saturated carbocycles. The van der Waals surface area contributed by atoms with E-state index in [4.69, 9.17) is 4.74 Å². The number of anilines is 3. The molecule has 2 heterocycles. The summed E-state index contributed by atoms with van der Waals surface area (Å²) in [5.41, 5.74) is 2.71. The number of hydrogen-bond donors (Lipinski definition) is 2. The van der Waals surface area contributed by atoms with Crippen LogP contribution in [0, 0.1) is 13.8 Å². The number of esters is 1. The molecule has 1 atom stereocenters. The minimum Gasteiger partial charge on any atom is -0.456 e. The monoisotopic (exact) mass is 652 g/mol. The summed E-state index contributed by atoms with van der Waals surface area (Å²) in [6, 6.07) is 20.2. The van der Waals surface area contributed by atoms with Crippen molar-refractivity contribution in [1.82, 2.24) is 5.32 Å². The van der Waals surface area contributed by atoms with E-state index in [1.165, 1.54) is 27.2 Å². The quantitative estimate of drug-likeness (QED) is 0.176. The summed E-state index contributed by atoms with van der Waals surface area (Å²) in [5.74, 6) is -1.74. The first-order chi connectivity index (χ1) is 22.3. The van der Waals surface area contributed by atoms with Crippen LogP contribution < -0.4 is 20.4 Å². The van der Waals surface area contributed by atoms with E-state index in [0.717, 1.165) is 11.1 Å². The zero-order valence-electron chi connectivity index (χ0n) is 26.8. The number of urea groups is 1. The van der Waals surface area contributed by atoms with Crippen molar-refractivity contribution in [3.05, 3.63) is 111 Å². The summed E-state index contributed by atoms with van der Waals surface area (Å²) >= 11 is 1.26. The first kappa shape index (κ1) is 33.1. The van der Waals surface area contributed by atoms with Crippen LogP contribution in [0.25, 0.3) is 0 Å². The molecular formula is C36H36N4O6S. The standard InChI is InChI=1S/C36H36N4O6S/c1-22-15-16-28-29(18-22)40(21-30(41)26-13-7-6-10-23(26)2)32(42)27(20-39(28)33(43)31-14-9-17-47-31)38-35(45)37-25-12-8-11-24(19-25)34(44)46-36(3,4)5/h6-19,27H,20-21H2,1-5H3,(H2,37,38,45). The molecule has 1 unspecified atom stereocenters. The van der Waals surface area contributed by atoms with E-state index in [-0.39, 0.29) is 30.3 Å². The summed E-state index contributed by atoms with van der Waals surface area (Å²) in [5, 5.41) is 7.19. The van der Waals surface area contributed by atoms with Gasteiger partial charge in [0.1, 0.15) is 11.6 Å². The molecule has 0 radical (unpaired) electrons. The summed E-state index contributed by atoms with van der Waals surface area (Å²) in [4.78, 5) is 71.1. The first-order valence-electron chi connectivity index (χ1n) is 15.1. The predicted molar refractivity (Wildman–Crippen MR) is 183 cm³/mol. The van der Waals surface area contributed by atoms with E-state index >= 15 is 0 Å². The van der Waals surface area contributed by atoms with Crippen LogP contribution in [0.5, 0.6) is 0 Å². The Labute approximate surface area is 277 Å². The zero-order chi connectivity index (χ0) is 33.9. The Morgan fingerprint density at radius 3 is 2.38 bits per heavy atom. The van der Waals surface area contributed by atoms with Crippen LogP contribution in [0.15, 0.2) is 84.2 Å². The maximum Gasteiger partial charge on any atom is 0.338 e. The SMILES string of the molecule is Cc1ccc2c(c1)N(CC(=O)c1ccccc1C)C(=O)C(NC(=O)Nc1cccc(C(=O)OC(C)(C)C)c1)CN2C(=O)c1cccs1. The zero-order valence-corrected chi connectivity index (χ0v) is 27.6. The lowest BCUT2D eigenvalue weighted by Gasteiger charge is -2.25. The van der Waals surface area contributed by atoms with Gasteiger partial charge in [0.2, 0.25) is 0 Å². The third-order valence-electron chi connectivity index (χ3n) is 7.43. The van der Waals surface area contributed by atoms with Gasteiger partial charge in [0.25, 0.3) is 11.8 Å². The molecule has 0 bridgehead atoms. The van der Waals surface area contributed by atoms with Gasteiger partial charge < -0.3 is 25.2 Å². The minimum atomic E-state index is -1.23. The van der Waals surface area contributed by atoms with Gasteiger partial charge in [0, 0.05) is 11.3 Å². The van der Waals surface area contributed by atoms with Gasteiger partial charge in [-0.2, -0.15) is 0 Å². The lowest BCUT2D eigenvalue weighted by atomic mass is 10.0. The largest absolute Gasteiger partial charge is 0.456 e. The van der Waals surface area contributed by atoms with Crippen LogP contribution in [0.2, 0.25) is 0 Å². The lowest BCUT2D eigenvalue weighted by Crippen LogP contribution is -2.54. The fourth-order valence-corrected chi connectivity index (χ4v) is 5.91. The molecular weight excluding hydrogens is 616 g/mol. The lowest BCUT2D eigenvalue weighted by molar-refractivity contribution is -0.120. The molecule has 4 amide bonds. The topological polar surface area (TPSA) is 125 Å². The van der Waals surface area contributed by atoms with Gasteiger partial charge in [-0.25, -0.2) is 9.59 Å². The Morgan fingerprint density at radius 2 is 1.68 bits per heavy atom. The second-order valence-electron chi connectivity index (χ2n) is 12.3. The second kappa shape index (κ2) is 13.6. The Bertz CT molecular complexity index is 1850. The molecule has 5 rings (SSSR count). The van der Waals surface area contributed by atoms with Gasteiger partial charge in [-0.05, 0) is 87.5 Å². The smallest absolute Gasteiger partial charge is 0.338 e. The average Bonchev–Trinajstić information content (AvgIpc) is 3.53. The van der Waals surface area contributed by atoms with Crippen LogP contribution in [0.3, 0.4) is 0 Å². The molecule has 4 aromatic rings. The highest BCUT2D eigenvalue weighted by Gasteiger charge is 2.38. The van der Waals surface area contributed by atoms with Crippen LogP contribution in [-0.4, -0.2) is 54.3 Å². The van der Waals surface area contributed by atoms with Crippen molar-refractivity contribution in [2.75, 3.05) is 28.2 Å². The number of nitrogens with zero attached hydrogens (tertiary/aromatic N) is 2. The van der Waals surface area contributed by atoms with E-state index in [0.29, 0.717) is 27.5 Å². The van der Waals surface area contributed by atoms with Gasteiger partial charge in [0.15, 0.2) is 5.78 Å². The fourth-order valence-electron chi connectivity index (χ4n) is 5.24. The molecule has 11 heteroatoms. The van der Waals surface area contributed by atoms with Crippen molar-refractivity contribution in [1.29, 1.82) is 0 Å². The van der Waals surface area contributed by atoms with Crippen molar-refractivity contribution in [2.45, 2.75) is 46.3 Å². The third kappa shape index (κ3) is 7.75. The van der Waals surface area contributed by atoms with Gasteiger partial charge in [-0.15, -0.1) is 11.3 Å². The van der Waals surface area contributed by atoms with Crippen molar-refractivity contribution >= 4 is 58.0 Å². The number of aryl methyl sites for hydroxylation is 2. The summed E-state index contributed by atoms with van der Waals surface area (Å²) in [6.45, 7) is 8.46. The molecule has 47 heavy (non-hydrogen) atoms. The Balaban J connectivity index is 1.48. The Morgan fingerprint density at radius 1 is 0.915 bits per heavy atom. The van der Waals surface area contributed by atoms with Crippen molar-refractivity contribution in [2.24, 2.45) is 0 Å². The number of hydrogen-bond acceptors (Lipinski definition) is 7. The van der Waals surface area contributed by atoms with Gasteiger partial charge >= 0.3 is 12.0 Å². The summed E-state index contributed by atoms with van der Waals surface area (Å²) < 4.78 is 5.44. The van der Waals surface area contributed by atoms with Crippen LogP contribution >= 0.6 is 11.3 Å². The number of ether oxygens (including phenoxy) is 1. The van der Waals surface area contributed by atoms with Crippen molar-refractivity contribution in [3.63, 3.8) is 0 Å². The molecule has 10 nitrogen and oxygen atoms in total. The van der Waals surface area contributed by atoms with Crippen molar-refractivity contribution in [3.8, 4) is 0 Å². The first-order valence-corrected chi connectivity index (χ1v) is 16.0. The molecule has 242 valence electrons. The molecule has 0 saturated heterocycles. The maximum atomic E-state index is 14.3. The molecule has 2 N–H and O–H groups in total. The number of thiophene rings is 1. The summed E-state index contributed by atoms with van der Waals surface area (Å²) in [6.07, 6.45) is 0. The number of carbonyl (C=O) groups excluding carboxylic acids is 5. The number of Topliss-reactive ketones (excluding diaryl/α,β-unsaturated/α-hetero) is 1. The fraction of sp³-hybridized carbons (Fsp3) is 0.250. The number of benzene rings is 3. The molecule has 1 aliphatic heterocycles. The van der Waals surface area contributed by atoms with Gasteiger partial charge in [-0.1, -0.05) is 42.5 Å². The highest BCUT2D eigenvalue weighted by atomic mass is 32.1. The van der Waals surface area contributed by atoms with Crippen LogP contribution in [0.1, 0.15) is 62.3 Å². The number of fused-ring (bicyclic) bond motifs is 1. The normalized spacial score (nSPS) is 14.6. The molecule has 1 aromatic heterocycles. The average molecular weight is 653 g/mol. The van der Waals surface area contributed by atoms with E-state index in [1.807, 2.05) is 32.0 Å². The van der Waals surface area contributed by atoms with Crippen LogP contribution in [0.4, 0.5) is 21.9 Å². The molecule has 1 aliphatic rings. The number of nitrogens with one attached hydrogen (secondary N) is 2.